The van der Waals surface area contributed by atoms with Crippen LogP contribution in [0, 0.1) is 6.92 Å². The van der Waals surface area contributed by atoms with Gasteiger partial charge in [0, 0.05) is 19.1 Å². The van der Waals surface area contributed by atoms with Crippen LogP contribution >= 0.6 is 0 Å². The molecule has 0 aliphatic carbocycles. The van der Waals surface area contributed by atoms with Crippen LogP contribution in [-0.4, -0.2) is 44.9 Å². The Kier molecular flexibility index (Phi) is 3.70. The highest BCUT2D eigenvalue weighted by Gasteiger charge is 2.41. The zero-order valence-electron chi connectivity index (χ0n) is 11.7. The van der Waals surface area contributed by atoms with Crippen molar-refractivity contribution in [3.63, 3.8) is 0 Å². The van der Waals surface area contributed by atoms with E-state index in [4.69, 9.17) is 0 Å². The van der Waals surface area contributed by atoms with Gasteiger partial charge in [-0.25, -0.2) is 0 Å². The number of nitrogens with one attached hydrogen (secondary N) is 1. The van der Waals surface area contributed by atoms with Gasteiger partial charge in [0.15, 0.2) is 0 Å². The van der Waals surface area contributed by atoms with Crippen molar-refractivity contribution in [2.75, 3.05) is 30.5 Å². The van der Waals surface area contributed by atoms with E-state index in [0.29, 0.717) is 13.1 Å². The Hall–Kier alpha value is -1.11. The van der Waals surface area contributed by atoms with Gasteiger partial charge < -0.3 is 5.32 Å². The third-order valence-electron chi connectivity index (χ3n) is 4.20. The van der Waals surface area contributed by atoms with Crippen LogP contribution in [0.25, 0.3) is 0 Å². The molecule has 1 N–H and O–H groups in total. The summed E-state index contributed by atoms with van der Waals surface area (Å²) in [6, 6.07) is 7.82. The Balaban J connectivity index is 1.88. The van der Waals surface area contributed by atoms with E-state index in [1.807, 2.05) is 31.2 Å². The molecule has 0 unspecified atom stereocenters. The minimum absolute atomic E-state index is 0.148. The molecule has 5 nitrogen and oxygen atoms in total. The molecule has 2 fully saturated rings. The number of para-hydroxylation sites is 1. The lowest BCUT2D eigenvalue weighted by Crippen LogP contribution is -2.45. The maximum Gasteiger partial charge on any atom is 0.304 e. The molecule has 6 heteroatoms. The van der Waals surface area contributed by atoms with Gasteiger partial charge in [0.05, 0.1) is 5.69 Å². The van der Waals surface area contributed by atoms with Gasteiger partial charge in [0.25, 0.3) is 0 Å². The molecule has 0 radical (unpaired) electrons. The van der Waals surface area contributed by atoms with Crippen molar-refractivity contribution in [3.05, 3.63) is 29.8 Å². The lowest BCUT2D eigenvalue weighted by Gasteiger charge is -2.30. The molecule has 2 aliphatic rings. The molecule has 0 aromatic heterocycles. The number of benzene rings is 1. The Labute approximate surface area is 120 Å². The zero-order chi connectivity index (χ0) is 14.2. The lowest BCUT2D eigenvalue weighted by atomic mass is 10.1. The van der Waals surface area contributed by atoms with Crippen LogP contribution in [0.15, 0.2) is 24.3 Å². The van der Waals surface area contributed by atoms with Crippen molar-refractivity contribution in [2.45, 2.75) is 25.8 Å². The summed E-state index contributed by atoms with van der Waals surface area (Å²) in [4.78, 5) is 0. The first kappa shape index (κ1) is 13.9. The summed E-state index contributed by atoms with van der Waals surface area (Å²) in [5.41, 5.74) is 1.81. The number of aryl methyl sites for hydroxylation is 1. The summed E-state index contributed by atoms with van der Waals surface area (Å²) < 4.78 is 28.8. The monoisotopic (exact) mass is 295 g/mol. The second-order valence-corrected chi connectivity index (χ2v) is 7.26. The van der Waals surface area contributed by atoms with E-state index >= 15 is 0 Å². The van der Waals surface area contributed by atoms with E-state index < -0.39 is 10.2 Å². The first-order valence-corrected chi connectivity index (χ1v) is 8.56. The third kappa shape index (κ3) is 2.32. The van der Waals surface area contributed by atoms with Gasteiger partial charge >= 0.3 is 10.2 Å². The zero-order valence-corrected chi connectivity index (χ0v) is 12.6. The van der Waals surface area contributed by atoms with Crippen molar-refractivity contribution < 1.29 is 8.42 Å². The van der Waals surface area contributed by atoms with Crippen LogP contribution in [0.1, 0.15) is 18.4 Å². The molecular formula is C14H21N3O2S. The van der Waals surface area contributed by atoms with Crippen LogP contribution < -0.4 is 9.62 Å². The Morgan fingerprint density at radius 2 is 1.85 bits per heavy atom. The van der Waals surface area contributed by atoms with Crippen molar-refractivity contribution in [2.24, 2.45) is 0 Å². The van der Waals surface area contributed by atoms with Crippen molar-refractivity contribution in [1.82, 2.24) is 9.62 Å². The first-order chi connectivity index (χ1) is 9.60. The van der Waals surface area contributed by atoms with E-state index in [1.165, 1.54) is 0 Å². The average Bonchev–Trinajstić information content (AvgIpc) is 2.76. The van der Waals surface area contributed by atoms with E-state index in [-0.39, 0.29) is 6.04 Å². The molecule has 0 atom stereocenters. The number of hydrogen-bond acceptors (Lipinski definition) is 3. The summed E-state index contributed by atoms with van der Waals surface area (Å²) in [5, 5.41) is 3.28. The van der Waals surface area contributed by atoms with Gasteiger partial charge in [0.2, 0.25) is 0 Å². The Bertz CT molecular complexity index is 582. The summed E-state index contributed by atoms with van der Waals surface area (Å²) in [6.07, 6.45) is 1.81. The molecule has 0 amide bonds. The molecule has 0 bridgehead atoms. The fourth-order valence-electron chi connectivity index (χ4n) is 3.10. The fraction of sp³-hybridized carbons (Fsp3) is 0.571. The van der Waals surface area contributed by atoms with Gasteiger partial charge in [-0.2, -0.15) is 12.7 Å². The number of nitrogens with zero attached hydrogens (tertiary/aromatic N) is 2. The molecular weight excluding hydrogens is 274 g/mol. The number of rotatable bonds is 2. The van der Waals surface area contributed by atoms with E-state index in [1.54, 1.807) is 8.61 Å². The molecule has 20 heavy (non-hydrogen) atoms. The van der Waals surface area contributed by atoms with Gasteiger partial charge in [-0.15, -0.1) is 0 Å². The minimum atomic E-state index is -3.36. The lowest BCUT2D eigenvalue weighted by molar-refractivity contribution is 0.280. The topological polar surface area (TPSA) is 52.6 Å². The molecule has 2 heterocycles. The molecule has 3 rings (SSSR count). The fourth-order valence-corrected chi connectivity index (χ4v) is 5.02. The summed E-state index contributed by atoms with van der Waals surface area (Å²) in [6.45, 7) is 4.92. The van der Waals surface area contributed by atoms with Crippen LogP contribution in [0.4, 0.5) is 5.69 Å². The van der Waals surface area contributed by atoms with Crippen LogP contribution in [0.2, 0.25) is 0 Å². The highest BCUT2D eigenvalue weighted by atomic mass is 32.2. The maximum absolute atomic E-state index is 12.8. The highest BCUT2D eigenvalue weighted by Crippen LogP contribution is 2.30. The number of piperidine rings is 1. The van der Waals surface area contributed by atoms with Crippen molar-refractivity contribution >= 4 is 15.9 Å². The van der Waals surface area contributed by atoms with E-state index in [9.17, 15) is 8.42 Å². The van der Waals surface area contributed by atoms with Gasteiger partial charge in [-0.3, -0.25) is 4.31 Å². The molecule has 110 valence electrons. The van der Waals surface area contributed by atoms with Crippen LogP contribution in [0.3, 0.4) is 0 Å². The van der Waals surface area contributed by atoms with Crippen LogP contribution in [0.5, 0.6) is 0 Å². The maximum atomic E-state index is 12.8. The highest BCUT2D eigenvalue weighted by molar-refractivity contribution is 7.90. The van der Waals surface area contributed by atoms with E-state index in [0.717, 1.165) is 37.2 Å². The first-order valence-electron chi connectivity index (χ1n) is 7.16. The predicted molar refractivity (Wildman–Crippen MR) is 80.0 cm³/mol. The quantitative estimate of drug-likeness (QED) is 0.889. The summed E-state index contributed by atoms with van der Waals surface area (Å²) in [7, 11) is -3.36. The van der Waals surface area contributed by atoms with Crippen molar-refractivity contribution in [3.8, 4) is 0 Å². The Morgan fingerprint density at radius 1 is 1.15 bits per heavy atom. The summed E-state index contributed by atoms with van der Waals surface area (Å²) in [5.74, 6) is 0. The normalized spacial score (nSPS) is 24.1. The van der Waals surface area contributed by atoms with Gasteiger partial charge in [0.1, 0.15) is 0 Å². The van der Waals surface area contributed by atoms with Crippen molar-refractivity contribution in [1.29, 1.82) is 0 Å². The molecule has 2 aliphatic heterocycles. The van der Waals surface area contributed by atoms with E-state index in [2.05, 4.69) is 5.32 Å². The molecule has 1 aromatic carbocycles. The smallest absolute Gasteiger partial charge is 0.304 e. The molecule has 2 saturated heterocycles. The largest absolute Gasteiger partial charge is 0.317 e. The van der Waals surface area contributed by atoms with Gasteiger partial charge in [-0.1, -0.05) is 18.2 Å². The minimum Gasteiger partial charge on any atom is -0.317 e. The third-order valence-corrected chi connectivity index (χ3v) is 6.21. The average molecular weight is 295 g/mol. The number of hydrogen-bond donors (Lipinski definition) is 1. The predicted octanol–water partition coefficient (Wildman–Crippen LogP) is 1.11. The van der Waals surface area contributed by atoms with Gasteiger partial charge in [-0.05, 0) is 44.5 Å². The summed E-state index contributed by atoms with van der Waals surface area (Å²) >= 11 is 0. The number of anilines is 1. The second-order valence-electron chi connectivity index (χ2n) is 5.46. The molecule has 0 saturated carbocycles. The second kappa shape index (κ2) is 5.35. The van der Waals surface area contributed by atoms with Crippen LogP contribution in [-0.2, 0) is 10.2 Å². The Morgan fingerprint density at radius 3 is 2.55 bits per heavy atom. The SMILES string of the molecule is Cc1ccccc1N1CCN(C2CCNCC2)S1(=O)=O. The molecule has 0 spiro atoms. The molecule has 1 aromatic rings. The standard InChI is InChI=1S/C14H21N3O2S/c1-12-4-2-3-5-14(12)17-11-10-16(20(17,18)19)13-6-8-15-9-7-13/h2-5,13,15H,6-11H2,1H3.